The Labute approximate surface area is 177 Å². The fourth-order valence-electron chi connectivity index (χ4n) is 4.18. The number of carbonyl (C=O) groups is 1. The minimum atomic E-state index is -0.114. The monoisotopic (exact) mass is 423 g/mol. The van der Waals surface area contributed by atoms with Gasteiger partial charge < -0.3 is 20.3 Å². The molecule has 162 valence electrons. The zero-order valence-electron chi connectivity index (χ0n) is 17.2. The molecule has 0 bridgehead atoms. The maximum Gasteiger partial charge on any atom is 0.273 e. The van der Waals surface area contributed by atoms with Crippen molar-refractivity contribution in [3.63, 3.8) is 0 Å². The van der Waals surface area contributed by atoms with E-state index in [0.29, 0.717) is 30.2 Å². The summed E-state index contributed by atoms with van der Waals surface area (Å²) in [6, 6.07) is 2.92. The minimum Gasteiger partial charge on any atom is -0.395 e. The number of piperidine rings is 2. The number of carbonyl (C=O) groups excluding carboxylic acids is 1. The van der Waals surface area contributed by atoms with Gasteiger partial charge >= 0.3 is 0 Å². The SMILES string of the molecule is CC1CC(NC(=O)c2cc(C3CC3)on2)CCN1SN1CCC(NCCO)CC1. The van der Waals surface area contributed by atoms with Gasteiger partial charge in [-0.05, 0) is 45.4 Å². The van der Waals surface area contributed by atoms with Crippen LogP contribution in [0.15, 0.2) is 10.6 Å². The molecule has 1 aliphatic carbocycles. The van der Waals surface area contributed by atoms with E-state index in [0.717, 1.165) is 63.9 Å². The Bertz CT molecular complexity index is 675. The van der Waals surface area contributed by atoms with Gasteiger partial charge in [0.15, 0.2) is 5.69 Å². The van der Waals surface area contributed by atoms with Crippen molar-refractivity contribution in [1.82, 2.24) is 24.4 Å². The molecule has 3 N–H and O–H groups in total. The molecule has 4 rings (SSSR count). The predicted octanol–water partition coefficient (Wildman–Crippen LogP) is 1.74. The molecule has 0 spiro atoms. The van der Waals surface area contributed by atoms with Crippen molar-refractivity contribution in [1.29, 1.82) is 0 Å². The summed E-state index contributed by atoms with van der Waals surface area (Å²) in [5, 5.41) is 19.4. The van der Waals surface area contributed by atoms with Crippen LogP contribution in [0.1, 0.15) is 67.6 Å². The molecular formula is C20H33N5O3S. The van der Waals surface area contributed by atoms with Gasteiger partial charge in [0.25, 0.3) is 5.91 Å². The highest BCUT2D eigenvalue weighted by Gasteiger charge is 2.32. The maximum atomic E-state index is 12.5. The molecule has 0 radical (unpaired) electrons. The van der Waals surface area contributed by atoms with Gasteiger partial charge in [-0.2, -0.15) is 0 Å². The highest BCUT2D eigenvalue weighted by molar-refractivity contribution is 7.94. The van der Waals surface area contributed by atoms with Crippen LogP contribution in [0.2, 0.25) is 0 Å². The van der Waals surface area contributed by atoms with Crippen molar-refractivity contribution in [2.75, 3.05) is 32.8 Å². The molecule has 3 heterocycles. The van der Waals surface area contributed by atoms with E-state index in [1.807, 2.05) is 12.1 Å². The van der Waals surface area contributed by atoms with Crippen molar-refractivity contribution in [2.45, 2.75) is 69.5 Å². The highest BCUT2D eigenvalue weighted by atomic mass is 32.2. The van der Waals surface area contributed by atoms with Gasteiger partial charge in [0.05, 0.1) is 6.61 Å². The van der Waals surface area contributed by atoms with Crippen LogP contribution in [0.25, 0.3) is 0 Å². The summed E-state index contributed by atoms with van der Waals surface area (Å²) in [7, 11) is 0. The topological polar surface area (TPSA) is 93.9 Å². The fourth-order valence-corrected chi connectivity index (χ4v) is 5.28. The number of aliphatic hydroxyl groups is 1. The van der Waals surface area contributed by atoms with Crippen LogP contribution in [0.4, 0.5) is 0 Å². The van der Waals surface area contributed by atoms with Crippen LogP contribution < -0.4 is 10.6 Å². The van der Waals surface area contributed by atoms with Crippen molar-refractivity contribution in [3.8, 4) is 0 Å². The van der Waals surface area contributed by atoms with E-state index in [-0.39, 0.29) is 18.6 Å². The van der Waals surface area contributed by atoms with Gasteiger partial charge in [-0.1, -0.05) is 5.16 Å². The third-order valence-electron chi connectivity index (χ3n) is 6.11. The summed E-state index contributed by atoms with van der Waals surface area (Å²) in [6.45, 7) is 6.22. The number of aromatic nitrogens is 1. The number of amides is 1. The molecule has 2 unspecified atom stereocenters. The van der Waals surface area contributed by atoms with E-state index in [1.54, 1.807) is 6.07 Å². The maximum absolute atomic E-state index is 12.5. The molecule has 3 fully saturated rings. The van der Waals surface area contributed by atoms with Gasteiger partial charge in [0.2, 0.25) is 0 Å². The Kier molecular flexibility index (Phi) is 7.12. The Morgan fingerprint density at radius 1 is 1.24 bits per heavy atom. The molecule has 8 nitrogen and oxygen atoms in total. The summed E-state index contributed by atoms with van der Waals surface area (Å²) in [5.41, 5.74) is 0.411. The first kappa shape index (κ1) is 21.1. The normalized spacial score (nSPS) is 27.2. The standard InChI is InChI=1S/C20H33N5O3S/c1-14-12-17(22-20(27)18-13-19(28-23-18)15-2-3-15)6-10-25(14)29-24-8-4-16(5-9-24)21-7-11-26/h13-17,21,26H,2-12H2,1H3,(H,22,27). The number of aliphatic hydroxyl groups excluding tert-OH is 1. The van der Waals surface area contributed by atoms with Crippen molar-refractivity contribution in [3.05, 3.63) is 17.5 Å². The van der Waals surface area contributed by atoms with E-state index in [9.17, 15) is 4.79 Å². The molecule has 29 heavy (non-hydrogen) atoms. The molecule has 9 heteroatoms. The Morgan fingerprint density at radius 3 is 2.69 bits per heavy atom. The van der Waals surface area contributed by atoms with Gasteiger partial charge in [-0.3, -0.25) is 4.79 Å². The molecule has 2 atom stereocenters. The van der Waals surface area contributed by atoms with Gasteiger partial charge in [-0.25, -0.2) is 8.61 Å². The lowest BCUT2D eigenvalue weighted by molar-refractivity contribution is 0.0906. The third-order valence-corrected chi connectivity index (χ3v) is 7.46. The second-order valence-corrected chi connectivity index (χ2v) is 9.68. The molecule has 1 aromatic rings. The number of rotatable bonds is 8. The zero-order chi connectivity index (χ0) is 20.2. The Hall–Kier alpha value is -1.13. The fraction of sp³-hybridized carbons (Fsp3) is 0.800. The number of hydrogen-bond donors (Lipinski definition) is 3. The molecule has 2 saturated heterocycles. The lowest BCUT2D eigenvalue weighted by atomic mass is 10.0. The zero-order valence-corrected chi connectivity index (χ0v) is 18.0. The number of nitrogens with one attached hydrogen (secondary N) is 2. The van der Waals surface area contributed by atoms with Gasteiger partial charge in [0, 0.05) is 68.4 Å². The summed E-state index contributed by atoms with van der Waals surface area (Å²) in [5.74, 6) is 1.21. The molecule has 1 amide bonds. The lowest BCUT2D eigenvalue weighted by Crippen LogP contribution is -2.48. The summed E-state index contributed by atoms with van der Waals surface area (Å²) >= 11 is 1.86. The van der Waals surface area contributed by atoms with Crippen LogP contribution in [0.5, 0.6) is 0 Å². The molecule has 1 aromatic heterocycles. The summed E-state index contributed by atoms with van der Waals surface area (Å²) < 4.78 is 10.2. The van der Waals surface area contributed by atoms with Crippen molar-refractivity contribution >= 4 is 18.0 Å². The molecular weight excluding hydrogens is 390 g/mol. The average Bonchev–Trinajstić information content (AvgIpc) is 3.46. The quantitative estimate of drug-likeness (QED) is 0.545. The second kappa shape index (κ2) is 9.78. The Balaban J connectivity index is 1.19. The minimum absolute atomic E-state index is 0.114. The largest absolute Gasteiger partial charge is 0.395 e. The van der Waals surface area contributed by atoms with Crippen LogP contribution in [0.3, 0.4) is 0 Å². The number of hydrogen-bond acceptors (Lipinski definition) is 8. The first-order chi connectivity index (χ1) is 14.1. The first-order valence-electron chi connectivity index (χ1n) is 10.9. The second-order valence-electron chi connectivity index (χ2n) is 8.54. The lowest BCUT2D eigenvalue weighted by Gasteiger charge is -2.40. The summed E-state index contributed by atoms with van der Waals surface area (Å²) in [6.07, 6.45) is 6.41. The van der Waals surface area contributed by atoms with Crippen LogP contribution in [-0.2, 0) is 0 Å². The van der Waals surface area contributed by atoms with Gasteiger partial charge in [-0.15, -0.1) is 0 Å². The molecule has 2 aliphatic heterocycles. The van der Waals surface area contributed by atoms with Crippen LogP contribution in [-0.4, -0.2) is 75.7 Å². The number of nitrogens with zero attached hydrogens (tertiary/aromatic N) is 3. The van der Waals surface area contributed by atoms with E-state index < -0.39 is 0 Å². The summed E-state index contributed by atoms with van der Waals surface area (Å²) in [4.78, 5) is 12.5. The first-order valence-corrected chi connectivity index (χ1v) is 11.7. The molecule has 0 aromatic carbocycles. The highest BCUT2D eigenvalue weighted by Crippen LogP contribution is 2.40. The predicted molar refractivity (Wildman–Crippen MR) is 112 cm³/mol. The average molecular weight is 424 g/mol. The Morgan fingerprint density at radius 2 is 2.00 bits per heavy atom. The van der Waals surface area contributed by atoms with Crippen molar-refractivity contribution in [2.24, 2.45) is 0 Å². The van der Waals surface area contributed by atoms with E-state index in [1.165, 1.54) is 0 Å². The van der Waals surface area contributed by atoms with Crippen LogP contribution in [0, 0.1) is 0 Å². The molecule has 1 saturated carbocycles. The molecule has 3 aliphatic rings. The van der Waals surface area contributed by atoms with Crippen molar-refractivity contribution < 1.29 is 14.4 Å². The smallest absolute Gasteiger partial charge is 0.273 e. The van der Waals surface area contributed by atoms with E-state index >= 15 is 0 Å². The van der Waals surface area contributed by atoms with Crippen LogP contribution >= 0.6 is 12.1 Å². The third kappa shape index (κ3) is 5.73. The van der Waals surface area contributed by atoms with Gasteiger partial charge in [0.1, 0.15) is 5.76 Å². The van der Waals surface area contributed by atoms with E-state index in [2.05, 4.69) is 31.3 Å². The van der Waals surface area contributed by atoms with E-state index in [4.69, 9.17) is 9.63 Å².